The first-order valence-electron chi connectivity index (χ1n) is 14.0. The van der Waals surface area contributed by atoms with Crippen molar-refractivity contribution in [2.45, 2.75) is 51.1 Å². The Balaban J connectivity index is 1.02. The van der Waals surface area contributed by atoms with E-state index in [2.05, 4.69) is 52.0 Å². The highest BCUT2D eigenvalue weighted by molar-refractivity contribution is 5.94. The number of rotatable bonds is 8. The highest BCUT2D eigenvalue weighted by Crippen LogP contribution is 2.30. The molecule has 2 fully saturated rings. The number of ether oxygens (including phenoxy) is 1. The molecule has 0 aliphatic carbocycles. The second-order valence-corrected chi connectivity index (χ2v) is 10.7. The lowest BCUT2D eigenvalue weighted by Crippen LogP contribution is -2.39. The van der Waals surface area contributed by atoms with Crippen molar-refractivity contribution in [3.63, 3.8) is 0 Å². The summed E-state index contributed by atoms with van der Waals surface area (Å²) in [5.41, 5.74) is 2.92. The Kier molecular flexibility index (Phi) is 7.18. The lowest BCUT2D eigenvalue weighted by molar-refractivity contribution is 0.0696. The van der Waals surface area contributed by atoms with Gasteiger partial charge < -0.3 is 19.1 Å². The van der Waals surface area contributed by atoms with E-state index in [9.17, 15) is 4.79 Å². The van der Waals surface area contributed by atoms with Crippen LogP contribution in [-0.4, -0.2) is 68.9 Å². The first kappa shape index (κ1) is 24.7. The summed E-state index contributed by atoms with van der Waals surface area (Å²) >= 11 is 0. The van der Waals surface area contributed by atoms with E-state index in [4.69, 9.17) is 4.74 Å². The van der Waals surface area contributed by atoms with E-state index in [0.29, 0.717) is 6.04 Å². The van der Waals surface area contributed by atoms with Crippen LogP contribution in [0, 0.1) is 0 Å². The van der Waals surface area contributed by atoms with Crippen molar-refractivity contribution in [1.29, 1.82) is 0 Å². The average Bonchev–Trinajstić information content (AvgIpc) is 3.72. The van der Waals surface area contributed by atoms with Gasteiger partial charge in [-0.3, -0.25) is 4.79 Å². The fourth-order valence-corrected chi connectivity index (χ4v) is 6.04. The van der Waals surface area contributed by atoms with Gasteiger partial charge in [0, 0.05) is 66.8 Å². The van der Waals surface area contributed by atoms with Gasteiger partial charge in [0.05, 0.1) is 12.3 Å². The van der Waals surface area contributed by atoms with Gasteiger partial charge in [-0.1, -0.05) is 0 Å². The van der Waals surface area contributed by atoms with Crippen molar-refractivity contribution >= 4 is 16.8 Å². The molecule has 1 amide bonds. The third-order valence-electron chi connectivity index (χ3n) is 8.27. The Labute approximate surface area is 224 Å². The van der Waals surface area contributed by atoms with Crippen LogP contribution in [0.25, 0.3) is 16.6 Å². The van der Waals surface area contributed by atoms with Crippen LogP contribution in [0.3, 0.4) is 0 Å². The van der Waals surface area contributed by atoms with E-state index >= 15 is 0 Å². The Morgan fingerprint density at radius 2 is 1.84 bits per heavy atom. The number of aromatic nitrogens is 3. The van der Waals surface area contributed by atoms with E-state index in [1.807, 2.05) is 41.4 Å². The SMILES string of the molecule is C[C@@H]1CCCN1CCCOc1ccc2c(ccn2C2CCN(C(=O)c3ccc(-n4cccn4)cc3)CC2)c1. The molecule has 198 valence electrons. The van der Waals surface area contributed by atoms with Crippen molar-refractivity contribution < 1.29 is 9.53 Å². The number of carbonyl (C=O) groups is 1. The maximum atomic E-state index is 13.1. The second kappa shape index (κ2) is 11.0. The van der Waals surface area contributed by atoms with Crippen molar-refractivity contribution in [1.82, 2.24) is 24.1 Å². The number of hydrogen-bond acceptors (Lipinski definition) is 4. The normalized spacial score (nSPS) is 18.9. The van der Waals surface area contributed by atoms with Gasteiger partial charge in [0.15, 0.2) is 0 Å². The minimum absolute atomic E-state index is 0.105. The molecule has 2 aromatic carbocycles. The van der Waals surface area contributed by atoms with Gasteiger partial charge in [0.25, 0.3) is 5.91 Å². The van der Waals surface area contributed by atoms with E-state index < -0.39 is 0 Å². The minimum Gasteiger partial charge on any atom is -0.494 e. The molecule has 6 rings (SSSR count). The van der Waals surface area contributed by atoms with Crippen molar-refractivity contribution in [3.05, 3.63) is 78.8 Å². The summed E-state index contributed by atoms with van der Waals surface area (Å²) < 4.78 is 10.3. The molecule has 0 radical (unpaired) electrons. The van der Waals surface area contributed by atoms with Gasteiger partial charge in [-0.05, 0) is 100 Å². The van der Waals surface area contributed by atoms with Gasteiger partial charge >= 0.3 is 0 Å². The number of amides is 1. The van der Waals surface area contributed by atoms with E-state index in [1.54, 1.807) is 10.9 Å². The maximum absolute atomic E-state index is 13.1. The van der Waals surface area contributed by atoms with E-state index in [1.165, 1.54) is 30.3 Å². The minimum atomic E-state index is 0.105. The van der Waals surface area contributed by atoms with Gasteiger partial charge in [-0.25, -0.2) is 4.68 Å². The van der Waals surface area contributed by atoms with Crippen LogP contribution < -0.4 is 4.74 Å². The molecule has 38 heavy (non-hydrogen) atoms. The number of nitrogens with zero attached hydrogens (tertiary/aromatic N) is 5. The summed E-state index contributed by atoms with van der Waals surface area (Å²) in [7, 11) is 0. The molecule has 7 nitrogen and oxygen atoms in total. The lowest BCUT2D eigenvalue weighted by Gasteiger charge is -2.33. The molecular weight excluding hydrogens is 474 g/mol. The zero-order valence-corrected chi connectivity index (χ0v) is 22.2. The number of fused-ring (bicyclic) bond motifs is 1. The molecule has 7 heteroatoms. The largest absolute Gasteiger partial charge is 0.494 e. The van der Waals surface area contributed by atoms with Crippen LogP contribution in [0.4, 0.5) is 0 Å². The maximum Gasteiger partial charge on any atom is 0.253 e. The molecule has 2 aromatic heterocycles. The van der Waals surface area contributed by atoms with Crippen LogP contribution in [-0.2, 0) is 0 Å². The van der Waals surface area contributed by atoms with Crippen LogP contribution in [0.5, 0.6) is 5.75 Å². The van der Waals surface area contributed by atoms with E-state index in [-0.39, 0.29) is 5.91 Å². The van der Waals surface area contributed by atoms with Gasteiger partial charge in [0.1, 0.15) is 5.75 Å². The summed E-state index contributed by atoms with van der Waals surface area (Å²) in [5.74, 6) is 1.05. The zero-order chi connectivity index (χ0) is 25.9. The smallest absolute Gasteiger partial charge is 0.253 e. The molecule has 0 spiro atoms. The summed E-state index contributed by atoms with van der Waals surface area (Å²) in [4.78, 5) is 17.7. The number of likely N-dealkylation sites (tertiary alicyclic amines) is 2. The fourth-order valence-electron chi connectivity index (χ4n) is 6.04. The lowest BCUT2D eigenvalue weighted by atomic mass is 10.0. The summed E-state index contributed by atoms with van der Waals surface area (Å²) in [6.45, 7) is 6.97. The molecule has 4 aromatic rings. The Morgan fingerprint density at radius 1 is 1.00 bits per heavy atom. The van der Waals surface area contributed by atoms with Crippen LogP contribution in [0.15, 0.2) is 73.2 Å². The molecule has 2 aliphatic heterocycles. The quantitative estimate of drug-likeness (QED) is 0.291. The van der Waals surface area contributed by atoms with Crippen molar-refractivity contribution in [2.75, 3.05) is 32.8 Å². The Bertz CT molecular complexity index is 1350. The fraction of sp³-hybridized carbons (Fsp3) is 0.419. The first-order valence-corrected chi connectivity index (χ1v) is 14.0. The number of carbonyl (C=O) groups excluding carboxylic acids is 1. The highest BCUT2D eigenvalue weighted by Gasteiger charge is 2.25. The topological polar surface area (TPSA) is 55.5 Å². The zero-order valence-electron chi connectivity index (χ0n) is 22.2. The Morgan fingerprint density at radius 3 is 2.58 bits per heavy atom. The molecular formula is C31H37N5O2. The van der Waals surface area contributed by atoms with Crippen molar-refractivity contribution in [2.24, 2.45) is 0 Å². The van der Waals surface area contributed by atoms with Gasteiger partial charge in [-0.2, -0.15) is 5.10 Å². The molecule has 0 saturated carbocycles. The molecule has 0 N–H and O–H groups in total. The molecule has 2 aliphatic rings. The molecule has 0 unspecified atom stereocenters. The number of hydrogen-bond donors (Lipinski definition) is 0. The van der Waals surface area contributed by atoms with Crippen LogP contribution >= 0.6 is 0 Å². The molecule has 2 saturated heterocycles. The monoisotopic (exact) mass is 511 g/mol. The van der Waals surface area contributed by atoms with Crippen molar-refractivity contribution in [3.8, 4) is 11.4 Å². The molecule has 4 heterocycles. The standard InChI is InChI=1S/C31H37N5O2/c1-24-5-2-16-33(24)17-4-22-38-29-10-11-30-26(23-29)12-21-35(30)27-13-19-34(20-14-27)31(37)25-6-8-28(9-7-25)36-18-3-15-32-36/h3,6-12,15,18,21,23-24,27H,2,4-5,13-14,16-17,19-20,22H2,1H3/t24-/m1/s1. The summed E-state index contributed by atoms with van der Waals surface area (Å²) in [6, 6.07) is 19.3. The second-order valence-electron chi connectivity index (χ2n) is 10.7. The number of piperidine rings is 1. The highest BCUT2D eigenvalue weighted by atomic mass is 16.5. The predicted octanol–water partition coefficient (Wildman–Crippen LogP) is 5.56. The van der Waals surface area contributed by atoms with Crippen LogP contribution in [0.1, 0.15) is 55.4 Å². The molecule has 1 atom stereocenters. The third kappa shape index (κ3) is 5.20. The number of benzene rings is 2. The summed E-state index contributed by atoms with van der Waals surface area (Å²) in [6.07, 6.45) is 11.5. The molecule has 0 bridgehead atoms. The average molecular weight is 512 g/mol. The Hall–Kier alpha value is -3.58. The van der Waals surface area contributed by atoms with Gasteiger partial charge in [0.2, 0.25) is 0 Å². The third-order valence-corrected chi connectivity index (χ3v) is 8.27. The summed E-state index contributed by atoms with van der Waals surface area (Å²) in [5, 5.41) is 5.47. The van der Waals surface area contributed by atoms with E-state index in [0.717, 1.165) is 68.5 Å². The van der Waals surface area contributed by atoms with Crippen LogP contribution in [0.2, 0.25) is 0 Å². The first-order chi connectivity index (χ1) is 18.7. The predicted molar refractivity (Wildman–Crippen MR) is 150 cm³/mol. The van der Waals surface area contributed by atoms with Gasteiger partial charge in [-0.15, -0.1) is 0 Å².